The number of thiophene rings is 1. The average Bonchev–Trinajstić information content (AvgIpc) is 2.94. The Morgan fingerprint density at radius 3 is 3.00 bits per heavy atom. The van der Waals surface area contributed by atoms with Crippen molar-refractivity contribution in [2.24, 2.45) is 0 Å². The van der Waals surface area contributed by atoms with Crippen molar-refractivity contribution in [1.82, 2.24) is 0 Å². The fourth-order valence-electron chi connectivity index (χ4n) is 2.47. The highest BCUT2D eigenvalue weighted by molar-refractivity contribution is 7.12. The Balaban J connectivity index is 1.95. The molecule has 1 aliphatic heterocycles. The Morgan fingerprint density at radius 2 is 2.25 bits per heavy atom. The molecule has 0 aliphatic carbocycles. The minimum absolute atomic E-state index is 0.0184. The minimum Gasteiger partial charge on any atom is -0.496 e. The molecular formula is C15H16N2O2S. The molecule has 0 bridgehead atoms. The Bertz CT molecular complexity index is 651. The smallest absolute Gasteiger partial charge is 0.268 e. The third-order valence-electron chi connectivity index (χ3n) is 3.50. The van der Waals surface area contributed by atoms with E-state index >= 15 is 0 Å². The Labute approximate surface area is 121 Å². The second kappa shape index (κ2) is 5.17. The van der Waals surface area contributed by atoms with Crippen LogP contribution < -0.4 is 15.4 Å². The normalized spacial score (nSPS) is 13.9. The van der Waals surface area contributed by atoms with Crippen molar-refractivity contribution >= 4 is 28.6 Å². The Kier molecular flexibility index (Phi) is 3.36. The number of ether oxygens (including phenoxy) is 1. The first-order valence-electron chi connectivity index (χ1n) is 6.52. The Hall–Kier alpha value is -2.01. The quantitative estimate of drug-likeness (QED) is 0.864. The molecule has 2 N–H and O–H groups in total. The number of nitrogens with two attached hydrogens (primary N) is 1. The fourth-order valence-corrected chi connectivity index (χ4v) is 3.28. The van der Waals surface area contributed by atoms with Crippen LogP contribution in [0.5, 0.6) is 5.75 Å². The van der Waals surface area contributed by atoms with Gasteiger partial charge in [0.25, 0.3) is 5.91 Å². The van der Waals surface area contributed by atoms with Crippen LogP contribution in [-0.2, 0) is 6.42 Å². The molecule has 0 saturated heterocycles. The summed E-state index contributed by atoms with van der Waals surface area (Å²) >= 11 is 1.41. The highest BCUT2D eigenvalue weighted by Gasteiger charge is 2.24. The van der Waals surface area contributed by atoms with Gasteiger partial charge < -0.3 is 15.4 Å². The summed E-state index contributed by atoms with van der Waals surface area (Å²) in [7, 11) is 1.60. The van der Waals surface area contributed by atoms with Gasteiger partial charge in [-0.3, -0.25) is 4.79 Å². The van der Waals surface area contributed by atoms with Crippen LogP contribution >= 0.6 is 11.3 Å². The lowest BCUT2D eigenvalue weighted by Gasteiger charge is -2.29. The molecule has 20 heavy (non-hydrogen) atoms. The third kappa shape index (κ3) is 2.25. The van der Waals surface area contributed by atoms with Gasteiger partial charge in [0, 0.05) is 29.4 Å². The molecule has 104 valence electrons. The molecule has 0 radical (unpaired) electrons. The van der Waals surface area contributed by atoms with Crippen molar-refractivity contribution in [1.29, 1.82) is 0 Å². The number of nitrogens with zero attached hydrogens (tertiary/aromatic N) is 1. The van der Waals surface area contributed by atoms with Crippen LogP contribution in [0.4, 0.5) is 11.4 Å². The maximum atomic E-state index is 12.6. The van der Waals surface area contributed by atoms with Crippen molar-refractivity contribution in [2.75, 3.05) is 24.3 Å². The molecular weight excluding hydrogens is 272 g/mol. The predicted molar refractivity (Wildman–Crippen MR) is 81.7 cm³/mol. The van der Waals surface area contributed by atoms with E-state index in [1.807, 2.05) is 28.5 Å². The number of rotatable bonds is 2. The summed E-state index contributed by atoms with van der Waals surface area (Å²) in [6.07, 6.45) is 1.97. The molecule has 0 saturated carbocycles. The molecule has 1 aromatic carbocycles. The summed E-state index contributed by atoms with van der Waals surface area (Å²) in [6.45, 7) is 0.732. The van der Waals surface area contributed by atoms with Crippen molar-refractivity contribution in [3.63, 3.8) is 0 Å². The number of fused-ring (bicyclic) bond motifs is 1. The maximum Gasteiger partial charge on any atom is 0.268 e. The van der Waals surface area contributed by atoms with E-state index in [0.717, 1.165) is 30.8 Å². The van der Waals surface area contributed by atoms with Crippen LogP contribution in [0, 0.1) is 0 Å². The monoisotopic (exact) mass is 288 g/mol. The standard InChI is InChI=1S/C15H16N2O2S/c1-19-12-8-14(20-9-12)15(18)17-6-2-3-10-4-5-11(16)7-13(10)17/h4-5,7-9H,2-3,6,16H2,1H3. The van der Waals surface area contributed by atoms with E-state index in [4.69, 9.17) is 10.5 Å². The number of amides is 1. The van der Waals surface area contributed by atoms with Crippen molar-refractivity contribution < 1.29 is 9.53 Å². The predicted octanol–water partition coefficient (Wildman–Crippen LogP) is 2.93. The van der Waals surface area contributed by atoms with E-state index in [-0.39, 0.29) is 5.91 Å². The summed E-state index contributed by atoms with van der Waals surface area (Å²) in [5, 5.41) is 1.84. The zero-order valence-corrected chi connectivity index (χ0v) is 12.1. The summed E-state index contributed by atoms with van der Waals surface area (Å²) in [5.41, 5.74) is 8.66. The van der Waals surface area contributed by atoms with Gasteiger partial charge in [-0.25, -0.2) is 0 Å². The molecule has 0 fully saturated rings. The number of carbonyl (C=O) groups excluding carboxylic acids is 1. The molecule has 4 nitrogen and oxygen atoms in total. The summed E-state index contributed by atoms with van der Waals surface area (Å²) in [4.78, 5) is 15.2. The molecule has 0 unspecified atom stereocenters. The van der Waals surface area contributed by atoms with E-state index in [0.29, 0.717) is 10.6 Å². The molecule has 2 aromatic rings. The van der Waals surface area contributed by atoms with Crippen molar-refractivity contribution in [3.8, 4) is 5.75 Å². The SMILES string of the molecule is COc1csc(C(=O)N2CCCc3ccc(N)cc32)c1. The van der Waals surface area contributed by atoms with Gasteiger partial charge in [0.05, 0.1) is 12.0 Å². The molecule has 0 spiro atoms. The van der Waals surface area contributed by atoms with Crippen LogP contribution in [0.2, 0.25) is 0 Å². The third-order valence-corrected chi connectivity index (χ3v) is 4.39. The lowest BCUT2D eigenvalue weighted by molar-refractivity contribution is 0.0989. The lowest BCUT2D eigenvalue weighted by Crippen LogP contribution is -2.35. The van der Waals surface area contributed by atoms with Crippen molar-refractivity contribution in [2.45, 2.75) is 12.8 Å². The summed E-state index contributed by atoms with van der Waals surface area (Å²) in [5.74, 6) is 0.744. The zero-order valence-electron chi connectivity index (χ0n) is 11.3. The molecule has 3 rings (SSSR count). The van der Waals surface area contributed by atoms with Crippen LogP contribution in [0.3, 0.4) is 0 Å². The van der Waals surface area contributed by atoms with E-state index < -0.39 is 0 Å². The van der Waals surface area contributed by atoms with Gasteiger partial charge in [-0.15, -0.1) is 11.3 Å². The van der Waals surface area contributed by atoms with Gasteiger partial charge in [-0.2, -0.15) is 0 Å². The molecule has 2 heterocycles. The molecule has 0 atom stereocenters. The van der Waals surface area contributed by atoms with E-state index in [9.17, 15) is 4.79 Å². The van der Waals surface area contributed by atoms with Gasteiger partial charge in [0.2, 0.25) is 0 Å². The fraction of sp³-hybridized carbons (Fsp3) is 0.267. The van der Waals surface area contributed by atoms with Crippen LogP contribution in [-0.4, -0.2) is 19.6 Å². The second-order valence-corrected chi connectivity index (χ2v) is 5.71. The molecule has 1 aromatic heterocycles. The maximum absolute atomic E-state index is 12.6. The van der Waals surface area contributed by atoms with Gasteiger partial charge >= 0.3 is 0 Å². The first-order valence-corrected chi connectivity index (χ1v) is 7.40. The van der Waals surface area contributed by atoms with Crippen LogP contribution in [0.15, 0.2) is 29.6 Å². The molecule has 1 aliphatic rings. The first kappa shape index (κ1) is 13.0. The van der Waals surface area contributed by atoms with Crippen molar-refractivity contribution in [3.05, 3.63) is 40.1 Å². The van der Waals surface area contributed by atoms with E-state index in [2.05, 4.69) is 0 Å². The van der Waals surface area contributed by atoms with E-state index in [1.165, 1.54) is 16.9 Å². The Morgan fingerprint density at radius 1 is 1.40 bits per heavy atom. The molecule has 5 heteroatoms. The average molecular weight is 288 g/mol. The largest absolute Gasteiger partial charge is 0.496 e. The summed E-state index contributed by atoms with van der Waals surface area (Å²) < 4.78 is 5.14. The number of nitrogen functional groups attached to an aromatic ring is 1. The van der Waals surface area contributed by atoms with Gasteiger partial charge in [0.15, 0.2) is 0 Å². The number of hydrogen-bond donors (Lipinski definition) is 1. The second-order valence-electron chi connectivity index (χ2n) is 4.80. The zero-order chi connectivity index (χ0) is 14.1. The van der Waals surface area contributed by atoms with Gasteiger partial charge in [-0.1, -0.05) is 6.07 Å². The minimum atomic E-state index is 0.0184. The topological polar surface area (TPSA) is 55.6 Å². The highest BCUT2D eigenvalue weighted by Crippen LogP contribution is 2.32. The highest BCUT2D eigenvalue weighted by atomic mass is 32.1. The number of methoxy groups -OCH3 is 1. The van der Waals surface area contributed by atoms with Gasteiger partial charge in [0.1, 0.15) is 5.75 Å². The molecule has 1 amide bonds. The van der Waals surface area contributed by atoms with E-state index in [1.54, 1.807) is 13.2 Å². The number of aryl methyl sites for hydroxylation is 1. The number of benzene rings is 1. The van der Waals surface area contributed by atoms with Crippen LogP contribution in [0.25, 0.3) is 0 Å². The van der Waals surface area contributed by atoms with Crippen LogP contribution in [0.1, 0.15) is 21.7 Å². The van der Waals surface area contributed by atoms with Gasteiger partial charge in [-0.05, 0) is 30.5 Å². The first-order chi connectivity index (χ1) is 9.69. The number of anilines is 2. The summed E-state index contributed by atoms with van der Waals surface area (Å²) in [6, 6.07) is 7.57. The number of carbonyl (C=O) groups is 1. The lowest BCUT2D eigenvalue weighted by atomic mass is 10.0. The number of hydrogen-bond acceptors (Lipinski definition) is 4.